The second kappa shape index (κ2) is 20.3. The van der Waals surface area contributed by atoms with Gasteiger partial charge in [-0.2, -0.15) is 0 Å². The van der Waals surface area contributed by atoms with E-state index in [0.29, 0.717) is 36.0 Å². The molecule has 0 radical (unpaired) electrons. The van der Waals surface area contributed by atoms with Gasteiger partial charge in [-0.3, -0.25) is 0 Å². The van der Waals surface area contributed by atoms with Crippen LogP contribution in [-0.2, 0) is 0 Å². The Morgan fingerprint density at radius 3 is 1.56 bits per heavy atom. The van der Waals surface area contributed by atoms with Crippen LogP contribution in [0.25, 0.3) is 0 Å². The van der Waals surface area contributed by atoms with Crippen molar-refractivity contribution in [2.24, 2.45) is 58.2 Å². The molecule has 0 aromatic rings. The van der Waals surface area contributed by atoms with Gasteiger partial charge in [0.1, 0.15) is 0 Å². The van der Waals surface area contributed by atoms with E-state index in [0.717, 1.165) is 71.8 Å². The third-order valence-electron chi connectivity index (χ3n) is 16.8. The summed E-state index contributed by atoms with van der Waals surface area (Å²) in [7, 11) is 0. The Labute approximate surface area is 351 Å². The second-order valence-corrected chi connectivity index (χ2v) is 21.9. The number of fused-ring (bicyclic) bond motifs is 2. The lowest BCUT2D eigenvalue weighted by atomic mass is 9.60. The normalized spacial score (nSPS) is 36.8. The molecule has 0 saturated heterocycles. The highest BCUT2D eigenvalue weighted by Crippen LogP contribution is 2.61. The molecule has 3 N–H and O–H groups in total. The molecule has 6 saturated carbocycles. The van der Waals surface area contributed by atoms with Crippen molar-refractivity contribution in [3.05, 3.63) is 70.9 Å². The summed E-state index contributed by atoms with van der Waals surface area (Å²) in [6, 6.07) is 0. The van der Waals surface area contributed by atoms with E-state index in [1.807, 2.05) is 0 Å². The van der Waals surface area contributed by atoms with Crippen LogP contribution in [0, 0.1) is 58.2 Å². The van der Waals surface area contributed by atoms with Crippen molar-refractivity contribution in [2.45, 2.75) is 209 Å². The molecule has 0 bridgehead atoms. The fourth-order valence-electron chi connectivity index (χ4n) is 13.3. The molecular formula is C54H88O3. The maximum atomic E-state index is 10.0. The smallest absolute Gasteiger partial charge is 0.166 e. The third-order valence-corrected chi connectivity index (χ3v) is 16.8. The van der Waals surface area contributed by atoms with Gasteiger partial charge in [-0.15, -0.1) is 0 Å². The van der Waals surface area contributed by atoms with Gasteiger partial charge in [0.25, 0.3) is 0 Å². The first kappa shape index (κ1) is 46.4. The molecule has 6 aliphatic rings. The number of hydrogen-bond donors (Lipinski definition) is 3. The standard InChI is InChI=1S/C27H44O2.C27H44O/c1-19(2)8-6-9-21(4)24-13-14-25-22(10-7-16-26(24,25)5)11-12-23-18-27(28,29)17-15-20(23)3;1-19(2)8-6-9-21(4)25-15-16-26-22(10-7-17-27(25,26)5)12-13-23-18-24(28)14-11-20(23)3/h11-12,19,21,24-25,28-29H,3,6-10,13-18H2,1-2,4-5H3;12-13,19,21,24-26,28H,3,6-11,14-18H2,1-2,4-5H3/b22-11+,23-12-;22-12+,23-13+/t21-,24-,25+,26-;21-,24+,25-,26+,27-/m11/s1. The molecule has 3 nitrogen and oxygen atoms in total. The largest absolute Gasteiger partial charge is 0.393 e. The second-order valence-electron chi connectivity index (χ2n) is 21.9. The average molecular weight is 785 g/mol. The number of allylic oxidation sites excluding steroid dienone is 8. The first-order chi connectivity index (χ1) is 26.9. The molecule has 3 heteroatoms. The van der Waals surface area contributed by atoms with E-state index < -0.39 is 5.79 Å². The molecule has 0 unspecified atom stereocenters. The molecule has 0 aliphatic heterocycles. The van der Waals surface area contributed by atoms with Gasteiger partial charge in [-0.05, 0) is 159 Å². The summed E-state index contributed by atoms with van der Waals surface area (Å²) < 4.78 is 0. The molecule has 0 heterocycles. The molecule has 0 aromatic heterocycles. The first-order valence-electron chi connectivity index (χ1n) is 24.2. The van der Waals surface area contributed by atoms with E-state index in [9.17, 15) is 15.3 Å². The highest BCUT2D eigenvalue weighted by Gasteiger charge is 2.51. The molecule has 0 aromatic carbocycles. The lowest BCUT2D eigenvalue weighted by Crippen LogP contribution is -2.36. The minimum atomic E-state index is -1.56. The van der Waals surface area contributed by atoms with E-state index in [4.69, 9.17) is 0 Å². The zero-order valence-corrected chi connectivity index (χ0v) is 38.3. The number of aliphatic hydroxyl groups excluding tert-OH is 1. The predicted octanol–water partition coefficient (Wildman–Crippen LogP) is 14.6. The van der Waals surface area contributed by atoms with Crippen LogP contribution in [0.15, 0.2) is 70.9 Å². The van der Waals surface area contributed by atoms with Gasteiger partial charge in [0, 0.05) is 12.8 Å². The number of hydrogen-bond acceptors (Lipinski definition) is 3. The molecule has 6 aliphatic carbocycles. The average Bonchev–Trinajstić information content (AvgIpc) is 3.69. The van der Waals surface area contributed by atoms with Gasteiger partial charge in [-0.25, -0.2) is 0 Å². The maximum Gasteiger partial charge on any atom is 0.166 e. The summed E-state index contributed by atoms with van der Waals surface area (Å²) >= 11 is 0. The Morgan fingerprint density at radius 1 is 0.596 bits per heavy atom. The molecular weight excluding hydrogens is 697 g/mol. The summed E-state index contributed by atoms with van der Waals surface area (Å²) in [5.41, 5.74) is 8.86. The molecule has 57 heavy (non-hydrogen) atoms. The van der Waals surface area contributed by atoms with Crippen LogP contribution in [0.2, 0.25) is 0 Å². The van der Waals surface area contributed by atoms with Crippen molar-refractivity contribution in [1.82, 2.24) is 0 Å². The lowest BCUT2D eigenvalue weighted by molar-refractivity contribution is -0.166. The minimum absolute atomic E-state index is 0.172. The Morgan fingerprint density at radius 2 is 1.07 bits per heavy atom. The predicted molar refractivity (Wildman–Crippen MR) is 244 cm³/mol. The Bertz CT molecular complexity index is 1490. The lowest BCUT2D eigenvalue weighted by Gasteiger charge is -2.44. The van der Waals surface area contributed by atoms with Crippen molar-refractivity contribution in [1.29, 1.82) is 0 Å². The van der Waals surface area contributed by atoms with E-state index in [2.05, 4.69) is 92.9 Å². The maximum absolute atomic E-state index is 10.0. The SMILES string of the molecule is C=C1CCC(O)(O)C/C1=C/C=C1\CCC[C@]2(C)[C@@H]([C@H](C)CCCC(C)C)CC[C@@H]12.C=C1CC[C@H](O)C/C1=C\C=C1/CCC[C@]2(C)[C@@H]([C@H](C)CCCC(C)C)CC[C@@H]12. The molecule has 9 atom stereocenters. The van der Waals surface area contributed by atoms with Gasteiger partial charge in [0.15, 0.2) is 5.79 Å². The van der Waals surface area contributed by atoms with Gasteiger partial charge in [0.05, 0.1) is 6.10 Å². The zero-order valence-electron chi connectivity index (χ0n) is 38.3. The zero-order chi connectivity index (χ0) is 41.5. The summed E-state index contributed by atoms with van der Waals surface area (Å²) in [5.74, 6) is 5.01. The van der Waals surface area contributed by atoms with Crippen LogP contribution in [0.1, 0.15) is 197 Å². The van der Waals surface area contributed by atoms with Crippen LogP contribution < -0.4 is 0 Å². The number of rotatable bonds is 12. The number of aliphatic hydroxyl groups is 3. The quantitative estimate of drug-likeness (QED) is 0.173. The van der Waals surface area contributed by atoms with Crippen molar-refractivity contribution < 1.29 is 15.3 Å². The Balaban J connectivity index is 0.000000218. The minimum Gasteiger partial charge on any atom is -0.393 e. The van der Waals surface area contributed by atoms with Crippen LogP contribution in [-0.4, -0.2) is 27.2 Å². The molecule has 6 fully saturated rings. The highest BCUT2D eigenvalue weighted by molar-refractivity contribution is 5.38. The monoisotopic (exact) mass is 785 g/mol. The van der Waals surface area contributed by atoms with Gasteiger partial charge in [0.2, 0.25) is 0 Å². The van der Waals surface area contributed by atoms with Crippen molar-refractivity contribution in [2.75, 3.05) is 0 Å². The van der Waals surface area contributed by atoms with Gasteiger partial charge in [-0.1, -0.05) is 154 Å². The first-order valence-corrected chi connectivity index (χ1v) is 24.2. The molecule has 6 rings (SSSR count). The highest BCUT2D eigenvalue weighted by atomic mass is 16.5. The fraction of sp³-hybridized carbons (Fsp3) is 0.778. The van der Waals surface area contributed by atoms with Crippen molar-refractivity contribution in [3.8, 4) is 0 Å². The topological polar surface area (TPSA) is 60.7 Å². The van der Waals surface area contributed by atoms with Crippen LogP contribution in [0.3, 0.4) is 0 Å². The van der Waals surface area contributed by atoms with Crippen molar-refractivity contribution in [3.63, 3.8) is 0 Å². The molecule has 0 amide bonds. The van der Waals surface area contributed by atoms with Crippen LogP contribution in [0.4, 0.5) is 0 Å². The van der Waals surface area contributed by atoms with Gasteiger partial charge >= 0.3 is 0 Å². The Kier molecular flexibility index (Phi) is 16.5. The van der Waals surface area contributed by atoms with Crippen LogP contribution in [0.5, 0.6) is 0 Å². The molecule has 322 valence electrons. The van der Waals surface area contributed by atoms with Gasteiger partial charge < -0.3 is 15.3 Å². The fourth-order valence-corrected chi connectivity index (χ4v) is 13.3. The summed E-state index contributed by atoms with van der Waals surface area (Å²) in [6.45, 7) is 28.0. The van der Waals surface area contributed by atoms with E-state index in [1.165, 1.54) is 114 Å². The summed E-state index contributed by atoms with van der Waals surface area (Å²) in [5, 5.41) is 30.1. The summed E-state index contributed by atoms with van der Waals surface area (Å²) in [6.07, 6.45) is 34.8. The van der Waals surface area contributed by atoms with E-state index in [1.54, 1.807) is 11.1 Å². The third kappa shape index (κ3) is 11.8. The summed E-state index contributed by atoms with van der Waals surface area (Å²) in [4.78, 5) is 0. The van der Waals surface area contributed by atoms with Crippen LogP contribution >= 0.6 is 0 Å². The van der Waals surface area contributed by atoms with Crippen molar-refractivity contribution >= 4 is 0 Å². The Hall–Kier alpha value is -1.68. The van der Waals surface area contributed by atoms with E-state index >= 15 is 0 Å². The van der Waals surface area contributed by atoms with E-state index in [-0.39, 0.29) is 6.10 Å². The molecule has 0 spiro atoms.